The van der Waals surface area contributed by atoms with Crippen LogP contribution >= 0.6 is 0 Å². The lowest BCUT2D eigenvalue weighted by molar-refractivity contribution is -0.147. The first-order chi connectivity index (χ1) is 13.9. The summed E-state index contributed by atoms with van der Waals surface area (Å²) >= 11 is 0. The van der Waals surface area contributed by atoms with E-state index in [-0.39, 0.29) is 11.3 Å². The van der Waals surface area contributed by atoms with Crippen LogP contribution in [0.3, 0.4) is 0 Å². The number of nitrogens with one attached hydrogen (secondary N) is 1. The highest BCUT2D eigenvalue weighted by Crippen LogP contribution is 2.26. The van der Waals surface area contributed by atoms with Gasteiger partial charge in [-0.2, -0.15) is 0 Å². The molecule has 1 fully saturated rings. The second-order valence-corrected chi connectivity index (χ2v) is 6.80. The number of aryl methyl sites for hydroxylation is 1. The van der Waals surface area contributed by atoms with Gasteiger partial charge >= 0.3 is 5.97 Å². The minimum absolute atomic E-state index is 0.113. The molecule has 3 rings (SSSR count). The quantitative estimate of drug-likeness (QED) is 0.777. The van der Waals surface area contributed by atoms with Gasteiger partial charge in [-0.3, -0.25) is 9.59 Å². The smallest absolute Gasteiger partial charge is 0.326 e. The molecule has 1 saturated heterocycles. The standard InChI is InChI=1S/C21H21FN2O5/c1-13-7-9-14(10-8-13)29-17-6-2-4-15(19(17)22)20(26)23-12-18(25)24-11-3-5-16(24)21(27)28/h2,4,6-10,16H,3,5,11-12H2,1H3,(H,23,26)(H,27,28)/t16-/m0/s1. The number of carbonyl (C=O) groups excluding carboxylic acids is 2. The molecule has 0 saturated carbocycles. The van der Waals surface area contributed by atoms with Crippen LogP contribution in [0.2, 0.25) is 0 Å². The number of carboxylic acids is 1. The van der Waals surface area contributed by atoms with Crippen molar-refractivity contribution in [3.8, 4) is 11.5 Å². The highest BCUT2D eigenvalue weighted by Gasteiger charge is 2.33. The van der Waals surface area contributed by atoms with Gasteiger partial charge in [-0.1, -0.05) is 23.8 Å². The molecule has 1 atom stereocenters. The molecular formula is C21H21FN2O5. The summed E-state index contributed by atoms with van der Waals surface area (Å²) in [4.78, 5) is 37.0. The SMILES string of the molecule is Cc1ccc(Oc2cccc(C(=O)NCC(=O)N3CCC[C@H]3C(=O)O)c2F)cc1. The number of likely N-dealkylation sites (tertiary alicyclic amines) is 1. The first-order valence-corrected chi connectivity index (χ1v) is 9.20. The summed E-state index contributed by atoms with van der Waals surface area (Å²) in [6.45, 7) is 1.82. The molecule has 2 aromatic carbocycles. The van der Waals surface area contributed by atoms with E-state index < -0.39 is 36.2 Å². The molecule has 0 aromatic heterocycles. The summed E-state index contributed by atoms with van der Waals surface area (Å²) in [5.74, 6) is -2.90. The van der Waals surface area contributed by atoms with Crippen LogP contribution in [0, 0.1) is 12.7 Å². The predicted molar refractivity (Wildman–Crippen MR) is 102 cm³/mol. The van der Waals surface area contributed by atoms with E-state index in [2.05, 4.69) is 5.32 Å². The number of hydrogen-bond acceptors (Lipinski definition) is 4. The number of amides is 2. The Bertz CT molecular complexity index is 929. The number of halogens is 1. The minimum atomic E-state index is -1.07. The summed E-state index contributed by atoms with van der Waals surface area (Å²) in [5.41, 5.74) is 0.761. The van der Waals surface area contributed by atoms with Crippen LogP contribution < -0.4 is 10.1 Å². The van der Waals surface area contributed by atoms with Crippen LogP contribution in [-0.4, -0.2) is 46.9 Å². The molecule has 1 aliphatic heterocycles. The van der Waals surface area contributed by atoms with Crippen LogP contribution in [0.5, 0.6) is 11.5 Å². The zero-order valence-corrected chi connectivity index (χ0v) is 15.9. The van der Waals surface area contributed by atoms with Gasteiger partial charge in [0, 0.05) is 6.54 Å². The zero-order valence-electron chi connectivity index (χ0n) is 15.9. The Labute approximate surface area is 167 Å². The van der Waals surface area contributed by atoms with Gasteiger partial charge in [0.25, 0.3) is 5.91 Å². The maximum Gasteiger partial charge on any atom is 0.326 e. The van der Waals surface area contributed by atoms with E-state index in [9.17, 15) is 18.8 Å². The van der Waals surface area contributed by atoms with E-state index >= 15 is 0 Å². The minimum Gasteiger partial charge on any atom is -0.480 e. The second kappa shape index (κ2) is 8.72. The number of ether oxygens (including phenoxy) is 1. The summed E-state index contributed by atoms with van der Waals surface area (Å²) in [6.07, 6.45) is 0.964. The topological polar surface area (TPSA) is 95.9 Å². The van der Waals surface area contributed by atoms with Gasteiger partial charge in [-0.05, 0) is 44.0 Å². The number of rotatable bonds is 6. The third-order valence-corrected chi connectivity index (χ3v) is 4.72. The number of nitrogens with zero attached hydrogens (tertiary/aromatic N) is 1. The normalized spacial score (nSPS) is 15.8. The van der Waals surface area contributed by atoms with Crippen molar-refractivity contribution in [3.05, 3.63) is 59.4 Å². The molecule has 29 heavy (non-hydrogen) atoms. The molecule has 2 N–H and O–H groups in total. The van der Waals surface area contributed by atoms with Crippen LogP contribution in [0.25, 0.3) is 0 Å². The molecule has 0 bridgehead atoms. The average Bonchev–Trinajstić information content (AvgIpc) is 3.19. The number of hydrogen-bond donors (Lipinski definition) is 2. The van der Waals surface area contributed by atoms with Crippen LogP contribution in [0.1, 0.15) is 28.8 Å². The third kappa shape index (κ3) is 4.71. The van der Waals surface area contributed by atoms with Gasteiger partial charge < -0.3 is 20.1 Å². The van der Waals surface area contributed by atoms with Crippen molar-refractivity contribution in [1.82, 2.24) is 10.2 Å². The maximum atomic E-state index is 14.7. The fourth-order valence-corrected chi connectivity index (χ4v) is 3.17. The summed E-state index contributed by atoms with van der Waals surface area (Å²) in [5, 5.41) is 11.5. The second-order valence-electron chi connectivity index (χ2n) is 6.80. The zero-order chi connectivity index (χ0) is 21.0. The Hall–Kier alpha value is -3.42. The van der Waals surface area contributed by atoms with Gasteiger partial charge in [0.15, 0.2) is 11.6 Å². The highest BCUT2D eigenvalue weighted by molar-refractivity contribution is 5.97. The lowest BCUT2D eigenvalue weighted by Crippen LogP contribution is -2.45. The Morgan fingerprint density at radius 3 is 2.62 bits per heavy atom. The van der Waals surface area contributed by atoms with Gasteiger partial charge in [0.1, 0.15) is 11.8 Å². The molecule has 7 nitrogen and oxygen atoms in total. The molecule has 0 aliphatic carbocycles. The Balaban J connectivity index is 1.65. The van der Waals surface area contributed by atoms with E-state index in [0.717, 1.165) is 5.56 Å². The van der Waals surface area contributed by atoms with Crippen molar-refractivity contribution < 1.29 is 28.6 Å². The molecule has 2 aromatic rings. The monoisotopic (exact) mass is 400 g/mol. The van der Waals surface area contributed by atoms with E-state index in [1.54, 1.807) is 12.1 Å². The van der Waals surface area contributed by atoms with Gasteiger partial charge in [-0.25, -0.2) is 9.18 Å². The maximum absolute atomic E-state index is 14.7. The Kier molecular flexibility index (Phi) is 6.11. The molecule has 0 radical (unpaired) electrons. The van der Waals surface area contributed by atoms with Crippen molar-refractivity contribution in [2.45, 2.75) is 25.8 Å². The predicted octanol–water partition coefficient (Wildman–Crippen LogP) is 2.73. The van der Waals surface area contributed by atoms with Crippen molar-refractivity contribution in [2.75, 3.05) is 13.1 Å². The van der Waals surface area contributed by atoms with Gasteiger partial charge in [0.05, 0.1) is 12.1 Å². The van der Waals surface area contributed by atoms with Crippen molar-refractivity contribution in [1.29, 1.82) is 0 Å². The first-order valence-electron chi connectivity index (χ1n) is 9.20. The molecule has 1 aliphatic rings. The fourth-order valence-electron chi connectivity index (χ4n) is 3.17. The highest BCUT2D eigenvalue weighted by atomic mass is 19.1. The van der Waals surface area contributed by atoms with E-state index in [4.69, 9.17) is 9.84 Å². The third-order valence-electron chi connectivity index (χ3n) is 4.72. The molecule has 0 unspecified atom stereocenters. The van der Waals surface area contributed by atoms with Crippen LogP contribution in [-0.2, 0) is 9.59 Å². The molecule has 1 heterocycles. The Morgan fingerprint density at radius 2 is 1.93 bits per heavy atom. The lowest BCUT2D eigenvalue weighted by Gasteiger charge is -2.21. The molecule has 2 amide bonds. The summed E-state index contributed by atoms with van der Waals surface area (Å²) in [6, 6.07) is 10.3. The van der Waals surface area contributed by atoms with Crippen molar-refractivity contribution in [2.24, 2.45) is 0 Å². The summed E-state index contributed by atoms with van der Waals surface area (Å²) in [7, 11) is 0. The fraction of sp³-hybridized carbons (Fsp3) is 0.286. The molecule has 8 heteroatoms. The largest absolute Gasteiger partial charge is 0.480 e. The van der Waals surface area contributed by atoms with Crippen LogP contribution in [0.4, 0.5) is 4.39 Å². The molecule has 0 spiro atoms. The van der Waals surface area contributed by atoms with Gasteiger partial charge in [0.2, 0.25) is 5.91 Å². The van der Waals surface area contributed by atoms with Gasteiger partial charge in [-0.15, -0.1) is 0 Å². The average molecular weight is 400 g/mol. The number of aliphatic carboxylic acids is 1. The number of benzene rings is 2. The van der Waals surface area contributed by atoms with E-state index in [1.807, 2.05) is 19.1 Å². The van der Waals surface area contributed by atoms with E-state index in [1.165, 1.54) is 23.1 Å². The van der Waals surface area contributed by atoms with E-state index in [0.29, 0.717) is 25.1 Å². The summed E-state index contributed by atoms with van der Waals surface area (Å²) < 4.78 is 20.2. The Morgan fingerprint density at radius 1 is 1.21 bits per heavy atom. The van der Waals surface area contributed by atoms with Crippen molar-refractivity contribution >= 4 is 17.8 Å². The molecule has 152 valence electrons. The first kappa shape index (κ1) is 20.3. The van der Waals surface area contributed by atoms with Crippen LogP contribution in [0.15, 0.2) is 42.5 Å². The van der Waals surface area contributed by atoms with Crippen molar-refractivity contribution in [3.63, 3.8) is 0 Å². The molecular weight excluding hydrogens is 379 g/mol. The lowest BCUT2D eigenvalue weighted by atomic mass is 10.1. The number of carboxylic acid groups (broad SMARTS) is 1. The number of carbonyl (C=O) groups is 3.